The van der Waals surface area contributed by atoms with Gasteiger partial charge < -0.3 is 19.0 Å². The summed E-state index contributed by atoms with van der Waals surface area (Å²) in [7, 11) is 3.49. The van der Waals surface area contributed by atoms with Gasteiger partial charge in [-0.3, -0.25) is 4.79 Å². The van der Waals surface area contributed by atoms with Gasteiger partial charge in [0.15, 0.2) is 28.1 Å². The van der Waals surface area contributed by atoms with E-state index in [-0.39, 0.29) is 5.91 Å². The molecule has 2 aromatic heterocycles. The molecule has 148 valence electrons. The molecule has 0 bridgehead atoms. The minimum Gasteiger partial charge on any atom is -0.493 e. The van der Waals surface area contributed by atoms with E-state index in [0.717, 1.165) is 18.2 Å². The van der Waals surface area contributed by atoms with Crippen molar-refractivity contribution in [3.05, 3.63) is 24.3 Å². The van der Waals surface area contributed by atoms with Crippen LogP contribution in [-0.4, -0.2) is 39.6 Å². The summed E-state index contributed by atoms with van der Waals surface area (Å²) >= 11 is 1.38. The molecule has 1 N–H and O–H groups in total. The van der Waals surface area contributed by atoms with Crippen LogP contribution in [0.1, 0.15) is 32.1 Å². The molecule has 1 aromatic carbocycles. The third kappa shape index (κ3) is 3.87. The number of carbonyl (C=O) groups excluding carboxylic acids is 1. The van der Waals surface area contributed by atoms with Crippen molar-refractivity contribution < 1.29 is 13.9 Å². The molecule has 28 heavy (non-hydrogen) atoms. The van der Waals surface area contributed by atoms with E-state index in [1.165, 1.54) is 31.0 Å². The summed E-state index contributed by atoms with van der Waals surface area (Å²) in [6.07, 6.45) is 5.84. The monoisotopic (exact) mass is 400 g/mol. The molecule has 2 heterocycles. The largest absolute Gasteiger partial charge is 0.493 e. The summed E-state index contributed by atoms with van der Waals surface area (Å²) in [5.41, 5.74) is 0.684. The number of nitrogens with one attached hydrogen (secondary N) is 1. The zero-order valence-corrected chi connectivity index (χ0v) is 16.9. The Morgan fingerprint density at radius 1 is 1.32 bits per heavy atom. The second-order valence-electron chi connectivity index (χ2n) is 7.05. The zero-order valence-electron chi connectivity index (χ0n) is 16.1. The van der Waals surface area contributed by atoms with Crippen LogP contribution < -0.4 is 10.1 Å². The number of amides is 1. The molecule has 0 aliphatic heterocycles. The number of hydrogen-bond donors (Lipinski definition) is 1. The van der Waals surface area contributed by atoms with Gasteiger partial charge in [-0.1, -0.05) is 43.2 Å². The number of ether oxygens (including phenoxy) is 1. The van der Waals surface area contributed by atoms with E-state index in [2.05, 4.69) is 15.5 Å². The number of methoxy groups -OCH3 is 1. The Hall–Kier alpha value is -2.48. The maximum absolute atomic E-state index is 12.2. The molecule has 0 spiro atoms. The highest BCUT2D eigenvalue weighted by Gasteiger charge is 2.19. The number of thioether (sulfide) groups is 1. The average Bonchev–Trinajstić information content (AvgIpc) is 3.30. The highest BCUT2D eigenvalue weighted by atomic mass is 32.2. The van der Waals surface area contributed by atoms with Crippen LogP contribution in [0.3, 0.4) is 0 Å². The second-order valence-corrected chi connectivity index (χ2v) is 7.99. The third-order valence-electron chi connectivity index (χ3n) is 5.09. The van der Waals surface area contributed by atoms with Crippen LogP contribution in [0.2, 0.25) is 0 Å². The number of rotatable bonds is 6. The summed E-state index contributed by atoms with van der Waals surface area (Å²) in [5.74, 6) is 2.30. The molecule has 3 aromatic rings. The number of benzene rings is 1. The molecule has 1 aliphatic rings. The standard InChI is InChI=1S/C20H24N4O3S/c1-24-19(16-11-13-7-6-10-15(26-2)18(13)27-16)22-23-20(24)28-12-17(25)21-14-8-4-3-5-9-14/h6-7,10-11,14H,3-5,8-9,12H2,1-2H3,(H,21,25). The van der Waals surface area contributed by atoms with Crippen LogP contribution in [0.5, 0.6) is 5.75 Å². The normalized spacial score (nSPS) is 15.1. The van der Waals surface area contributed by atoms with Crippen molar-refractivity contribution in [2.24, 2.45) is 7.05 Å². The van der Waals surface area contributed by atoms with E-state index in [1.807, 2.05) is 35.9 Å². The van der Waals surface area contributed by atoms with E-state index in [4.69, 9.17) is 9.15 Å². The molecule has 0 unspecified atom stereocenters. The first-order valence-corrected chi connectivity index (χ1v) is 10.5. The summed E-state index contributed by atoms with van der Waals surface area (Å²) in [5, 5.41) is 13.2. The molecular formula is C20H24N4O3S. The fraction of sp³-hybridized carbons (Fsp3) is 0.450. The summed E-state index contributed by atoms with van der Waals surface area (Å²) in [6.45, 7) is 0. The molecule has 0 saturated heterocycles. The molecular weight excluding hydrogens is 376 g/mol. The molecule has 1 aliphatic carbocycles. The van der Waals surface area contributed by atoms with Gasteiger partial charge in [0, 0.05) is 18.5 Å². The van der Waals surface area contributed by atoms with Crippen molar-refractivity contribution in [3.8, 4) is 17.3 Å². The van der Waals surface area contributed by atoms with Gasteiger partial charge in [-0.25, -0.2) is 0 Å². The Labute approximate surface area is 167 Å². The van der Waals surface area contributed by atoms with Gasteiger partial charge in [0.05, 0.1) is 12.9 Å². The first-order chi connectivity index (χ1) is 13.7. The highest BCUT2D eigenvalue weighted by molar-refractivity contribution is 7.99. The molecule has 7 nitrogen and oxygen atoms in total. The maximum Gasteiger partial charge on any atom is 0.230 e. The first kappa shape index (κ1) is 18.9. The van der Waals surface area contributed by atoms with Gasteiger partial charge >= 0.3 is 0 Å². The number of furan rings is 1. The SMILES string of the molecule is COc1cccc2cc(-c3nnc(SCC(=O)NC4CCCCC4)n3C)oc12. The van der Waals surface area contributed by atoms with Crippen molar-refractivity contribution in [2.45, 2.75) is 43.3 Å². The van der Waals surface area contributed by atoms with Gasteiger partial charge in [0.1, 0.15) is 0 Å². The Kier molecular flexibility index (Phi) is 5.57. The lowest BCUT2D eigenvalue weighted by molar-refractivity contribution is -0.119. The Balaban J connectivity index is 1.45. The van der Waals surface area contributed by atoms with Crippen LogP contribution in [0, 0.1) is 0 Å². The van der Waals surface area contributed by atoms with Crippen LogP contribution in [-0.2, 0) is 11.8 Å². The van der Waals surface area contributed by atoms with Crippen molar-refractivity contribution in [1.29, 1.82) is 0 Å². The van der Waals surface area contributed by atoms with Gasteiger partial charge in [-0.15, -0.1) is 10.2 Å². The first-order valence-electron chi connectivity index (χ1n) is 9.54. The van der Waals surface area contributed by atoms with Gasteiger partial charge in [-0.05, 0) is 25.0 Å². The topological polar surface area (TPSA) is 82.2 Å². The van der Waals surface area contributed by atoms with Crippen LogP contribution in [0.4, 0.5) is 0 Å². The number of nitrogens with zero attached hydrogens (tertiary/aromatic N) is 3. The van der Waals surface area contributed by atoms with Crippen molar-refractivity contribution in [3.63, 3.8) is 0 Å². The van der Waals surface area contributed by atoms with E-state index in [1.54, 1.807) is 7.11 Å². The van der Waals surface area contributed by atoms with E-state index in [0.29, 0.717) is 39.9 Å². The van der Waals surface area contributed by atoms with Crippen LogP contribution >= 0.6 is 11.8 Å². The fourth-order valence-electron chi connectivity index (χ4n) is 3.61. The predicted molar refractivity (Wildman–Crippen MR) is 109 cm³/mol. The Bertz CT molecular complexity index is 975. The van der Waals surface area contributed by atoms with Crippen molar-refractivity contribution in [1.82, 2.24) is 20.1 Å². The van der Waals surface area contributed by atoms with E-state index in [9.17, 15) is 4.79 Å². The van der Waals surface area contributed by atoms with Gasteiger partial charge in [0.2, 0.25) is 5.91 Å². The molecule has 0 atom stereocenters. The zero-order chi connectivity index (χ0) is 19.5. The summed E-state index contributed by atoms with van der Waals surface area (Å²) < 4.78 is 13.2. The number of hydrogen-bond acceptors (Lipinski definition) is 6. The predicted octanol–water partition coefficient (Wildman–Crippen LogP) is 3.78. The smallest absolute Gasteiger partial charge is 0.230 e. The molecule has 4 rings (SSSR count). The highest BCUT2D eigenvalue weighted by Crippen LogP contribution is 2.33. The second kappa shape index (κ2) is 8.26. The average molecular weight is 401 g/mol. The summed E-state index contributed by atoms with van der Waals surface area (Å²) in [4.78, 5) is 12.2. The molecule has 8 heteroatoms. The fourth-order valence-corrected chi connectivity index (χ4v) is 4.33. The molecule has 1 amide bonds. The van der Waals surface area contributed by atoms with Crippen LogP contribution in [0.15, 0.2) is 33.8 Å². The van der Waals surface area contributed by atoms with Gasteiger partial charge in [0.25, 0.3) is 0 Å². The van der Waals surface area contributed by atoms with Crippen LogP contribution in [0.25, 0.3) is 22.6 Å². The number of para-hydroxylation sites is 1. The lowest BCUT2D eigenvalue weighted by Gasteiger charge is -2.22. The lowest BCUT2D eigenvalue weighted by Crippen LogP contribution is -2.37. The van der Waals surface area contributed by atoms with Crippen molar-refractivity contribution >= 4 is 28.6 Å². The maximum atomic E-state index is 12.2. The minimum atomic E-state index is 0.0509. The third-order valence-corrected chi connectivity index (χ3v) is 6.11. The quantitative estimate of drug-likeness (QED) is 0.634. The van der Waals surface area contributed by atoms with E-state index >= 15 is 0 Å². The molecule has 1 fully saturated rings. The lowest BCUT2D eigenvalue weighted by atomic mass is 9.95. The Morgan fingerprint density at radius 2 is 2.14 bits per heavy atom. The molecule has 0 radical (unpaired) electrons. The Morgan fingerprint density at radius 3 is 2.93 bits per heavy atom. The summed E-state index contributed by atoms with van der Waals surface area (Å²) in [6, 6.07) is 7.99. The number of carbonyl (C=O) groups is 1. The molecule has 1 saturated carbocycles. The number of aromatic nitrogens is 3. The van der Waals surface area contributed by atoms with E-state index < -0.39 is 0 Å². The minimum absolute atomic E-state index is 0.0509. The number of fused-ring (bicyclic) bond motifs is 1. The van der Waals surface area contributed by atoms with Gasteiger partial charge in [-0.2, -0.15) is 0 Å². The van der Waals surface area contributed by atoms with Crippen molar-refractivity contribution in [2.75, 3.05) is 12.9 Å².